The van der Waals surface area contributed by atoms with Crippen molar-refractivity contribution in [1.82, 2.24) is 0 Å². The van der Waals surface area contributed by atoms with Crippen molar-refractivity contribution < 1.29 is 28.5 Å². The highest BCUT2D eigenvalue weighted by Crippen LogP contribution is 2.28. The van der Waals surface area contributed by atoms with Crippen molar-refractivity contribution in [3.63, 3.8) is 0 Å². The zero-order valence-corrected chi connectivity index (χ0v) is 16.7. The minimum atomic E-state index is -0.960. The van der Waals surface area contributed by atoms with Crippen LogP contribution in [0.1, 0.15) is 18.1 Å². The van der Waals surface area contributed by atoms with E-state index < -0.39 is 18.0 Å². The Morgan fingerprint density at radius 2 is 1.57 bits per heavy atom. The molecule has 0 spiro atoms. The van der Waals surface area contributed by atoms with E-state index in [4.69, 9.17) is 18.9 Å². The Balaban J connectivity index is 1.98. The number of methoxy groups -OCH3 is 3. The molecule has 0 heterocycles. The molecular formula is C21H25NO6. The van der Waals surface area contributed by atoms with Crippen molar-refractivity contribution in [3.05, 3.63) is 47.5 Å². The molecule has 1 atom stereocenters. The van der Waals surface area contributed by atoms with E-state index in [2.05, 4.69) is 5.32 Å². The quantitative estimate of drug-likeness (QED) is 0.701. The predicted octanol–water partition coefficient (Wildman–Crippen LogP) is 3.13. The maximum atomic E-state index is 12.4. The Labute approximate surface area is 164 Å². The lowest BCUT2D eigenvalue weighted by molar-refractivity contribution is -0.152. The van der Waals surface area contributed by atoms with E-state index in [1.54, 1.807) is 30.3 Å². The van der Waals surface area contributed by atoms with Crippen molar-refractivity contribution >= 4 is 17.6 Å². The second-order valence-electron chi connectivity index (χ2n) is 6.19. The summed E-state index contributed by atoms with van der Waals surface area (Å²) in [4.78, 5) is 24.6. The highest BCUT2D eigenvalue weighted by molar-refractivity contribution is 5.96. The lowest BCUT2D eigenvalue weighted by Gasteiger charge is -2.16. The third kappa shape index (κ3) is 5.39. The van der Waals surface area contributed by atoms with Gasteiger partial charge in [-0.2, -0.15) is 0 Å². The Morgan fingerprint density at radius 1 is 0.929 bits per heavy atom. The van der Waals surface area contributed by atoms with Gasteiger partial charge >= 0.3 is 5.97 Å². The highest BCUT2D eigenvalue weighted by Gasteiger charge is 2.20. The average Bonchev–Trinajstić information content (AvgIpc) is 2.67. The molecule has 0 bridgehead atoms. The third-order valence-corrected chi connectivity index (χ3v) is 4.09. The number of esters is 1. The molecule has 0 saturated carbocycles. The maximum absolute atomic E-state index is 12.4. The molecule has 28 heavy (non-hydrogen) atoms. The fraction of sp³-hybridized carbons (Fsp3) is 0.333. The van der Waals surface area contributed by atoms with Crippen LogP contribution in [-0.4, -0.2) is 39.3 Å². The molecule has 0 saturated heterocycles. The number of aryl methyl sites for hydroxylation is 1. The maximum Gasteiger partial charge on any atom is 0.311 e. The van der Waals surface area contributed by atoms with Gasteiger partial charge in [0.2, 0.25) is 0 Å². The molecular weight excluding hydrogens is 362 g/mol. The lowest BCUT2D eigenvalue weighted by Crippen LogP contribution is -2.30. The number of carbonyl (C=O) groups is 2. The number of anilines is 1. The van der Waals surface area contributed by atoms with Crippen LogP contribution in [0.25, 0.3) is 0 Å². The van der Waals surface area contributed by atoms with Crippen molar-refractivity contribution in [3.8, 4) is 17.2 Å². The molecule has 150 valence electrons. The molecule has 2 aromatic rings. The first-order chi connectivity index (χ1) is 13.4. The van der Waals surface area contributed by atoms with E-state index in [9.17, 15) is 9.59 Å². The molecule has 0 aliphatic heterocycles. The molecule has 1 amide bonds. The summed E-state index contributed by atoms with van der Waals surface area (Å²) in [6.07, 6.45) is -0.955. The summed E-state index contributed by atoms with van der Waals surface area (Å²) in [5.41, 5.74) is 2.18. The number of amides is 1. The highest BCUT2D eigenvalue weighted by atomic mass is 16.5. The third-order valence-electron chi connectivity index (χ3n) is 4.09. The summed E-state index contributed by atoms with van der Waals surface area (Å²) in [6, 6.07) is 10.6. The van der Waals surface area contributed by atoms with Crippen LogP contribution in [0.3, 0.4) is 0 Å². The first-order valence-electron chi connectivity index (χ1n) is 8.73. The van der Waals surface area contributed by atoms with Gasteiger partial charge in [-0.1, -0.05) is 12.1 Å². The summed E-state index contributed by atoms with van der Waals surface area (Å²) in [6.45, 7) is 3.42. The van der Waals surface area contributed by atoms with Crippen LogP contribution in [0.5, 0.6) is 17.2 Å². The van der Waals surface area contributed by atoms with Crippen LogP contribution in [0.4, 0.5) is 5.69 Å². The van der Waals surface area contributed by atoms with E-state index in [-0.39, 0.29) is 6.42 Å². The zero-order chi connectivity index (χ0) is 20.7. The standard InChI is InChI=1S/C21H25NO6/c1-13-6-8-17(25-3)16(10-13)22-21(24)14(2)28-20(23)12-15-7-9-18(26-4)19(11-15)27-5/h6-11,14H,12H2,1-5H3,(H,22,24). The molecule has 0 aliphatic carbocycles. The number of ether oxygens (including phenoxy) is 4. The van der Waals surface area contributed by atoms with Gasteiger partial charge in [-0.15, -0.1) is 0 Å². The van der Waals surface area contributed by atoms with Crippen molar-refractivity contribution in [2.24, 2.45) is 0 Å². The first-order valence-corrected chi connectivity index (χ1v) is 8.73. The minimum Gasteiger partial charge on any atom is -0.495 e. The van der Waals surface area contributed by atoms with E-state index in [0.29, 0.717) is 28.5 Å². The minimum absolute atomic E-state index is 0.00569. The number of hydrogen-bond acceptors (Lipinski definition) is 6. The van der Waals surface area contributed by atoms with Gasteiger partial charge in [0, 0.05) is 0 Å². The zero-order valence-electron chi connectivity index (χ0n) is 16.7. The Bertz CT molecular complexity index is 849. The summed E-state index contributed by atoms with van der Waals surface area (Å²) < 4.78 is 20.9. The predicted molar refractivity (Wildman–Crippen MR) is 105 cm³/mol. The molecule has 7 heteroatoms. The second kappa shape index (κ2) is 9.64. The van der Waals surface area contributed by atoms with Gasteiger partial charge in [-0.25, -0.2) is 0 Å². The molecule has 2 aromatic carbocycles. The van der Waals surface area contributed by atoms with Gasteiger partial charge < -0.3 is 24.3 Å². The normalized spacial score (nSPS) is 11.3. The molecule has 0 aromatic heterocycles. The summed E-state index contributed by atoms with van der Waals surface area (Å²) in [5.74, 6) is 0.656. The topological polar surface area (TPSA) is 83.1 Å². The number of nitrogens with one attached hydrogen (secondary N) is 1. The van der Waals surface area contributed by atoms with Gasteiger partial charge in [0.25, 0.3) is 5.91 Å². The fourth-order valence-electron chi connectivity index (χ4n) is 2.60. The van der Waals surface area contributed by atoms with Crippen LogP contribution >= 0.6 is 0 Å². The molecule has 1 N–H and O–H groups in total. The van der Waals surface area contributed by atoms with Crippen molar-refractivity contribution in [2.45, 2.75) is 26.4 Å². The Kier molecular flexibility index (Phi) is 7.26. The second-order valence-corrected chi connectivity index (χ2v) is 6.19. The molecule has 0 aliphatic rings. The van der Waals surface area contributed by atoms with E-state index >= 15 is 0 Å². The molecule has 1 unspecified atom stereocenters. The van der Waals surface area contributed by atoms with Gasteiger partial charge in [0.15, 0.2) is 17.6 Å². The fourth-order valence-corrected chi connectivity index (χ4v) is 2.60. The molecule has 7 nitrogen and oxygen atoms in total. The van der Waals surface area contributed by atoms with Gasteiger partial charge in [-0.3, -0.25) is 9.59 Å². The van der Waals surface area contributed by atoms with Crippen molar-refractivity contribution in [2.75, 3.05) is 26.6 Å². The van der Waals surface area contributed by atoms with Crippen LogP contribution in [0.15, 0.2) is 36.4 Å². The first kappa shape index (κ1) is 21.1. The largest absolute Gasteiger partial charge is 0.495 e. The van der Waals surface area contributed by atoms with Crippen LogP contribution in [0.2, 0.25) is 0 Å². The summed E-state index contributed by atoms with van der Waals surface area (Å²) in [5, 5.41) is 2.73. The van der Waals surface area contributed by atoms with Gasteiger partial charge in [-0.05, 0) is 49.2 Å². The molecule has 2 rings (SSSR count). The number of carbonyl (C=O) groups excluding carboxylic acids is 2. The Hall–Kier alpha value is -3.22. The SMILES string of the molecule is COc1ccc(C)cc1NC(=O)C(C)OC(=O)Cc1ccc(OC)c(OC)c1. The van der Waals surface area contributed by atoms with Gasteiger partial charge in [0.05, 0.1) is 33.4 Å². The number of rotatable bonds is 8. The number of benzene rings is 2. The average molecular weight is 387 g/mol. The van der Waals surface area contributed by atoms with Crippen LogP contribution < -0.4 is 19.5 Å². The summed E-state index contributed by atoms with van der Waals surface area (Å²) in [7, 11) is 4.58. The van der Waals surface area contributed by atoms with E-state index in [0.717, 1.165) is 5.56 Å². The monoisotopic (exact) mass is 387 g/mol. The smallest absolute Gasteiger partial charge is 0.311 e. The van der Waals surface area contributed by atoms with Gasteiger partial charge in [0.1, 0.15) is 5.75 Å². The van der Waals surface area contributed by atoms with Crippen LogP contribution in [0, 0.1) is 6.92 Å². The molecule has 0 radical (unpaired) electrons. The van der Waals surface area contributed by atoms with E-state index in [1.165, 1.54) is 28.3 Å². The number of hydrogen-bond donors (Lipinski definition) is 1. The Morgan fingerprint density at radius 3 is 2.21 bits per heavy atom. The van der Waals surface area contributed by atoms with Crippen LogP contribution in [-0.2, 0) is 20.7 Å². The molecule has 0 fully saturated rings. The van der Waals surface area contributed by atoms with E-state index in [1.807, 2.05) is 13.0 Å². The van der Waals surface area contributed by atoms with Crippen molar-refractivity contribution in [1.29, 1.82) is 0 Å². The summed E-state index contributed by atoms with van der Waals surface area (Å²) >= 11 is 0. The lowest BCUT2D eigenvalue weighted by atomic mass is 10.1.